The molecule has 0 radical (unpaired) electrons. The van der Waals surface area contributed by atoms with Crippen molar-refractivity contribution in [3.63, 3.8) is 0 Å². The second-order valence-corrected chi connectivity index (χ2v) is 8.44. The van der Waals surface area contributed by atoms with Gasteiger partial charge in [-0.3, -0.25) is 9.20 Å². The molecule has 168 valence electrons. The summed E-state index contributed by atoms with van der Waals surface area (Å²) in [6, 6.07) is 15.9. The third-order valence-electron chi connectivity index (χ3n) is 5.95. The number of aryl methyl sites for hydroxylation is 3. The highest BCUT2D eigenvalue weighted by Gasteiger charge is 2.27. The third kappa shape index (κ3) is 4.24. The van der Waals surface area contributed by atoms with Gasteiger partial charge in [-0.2, -0.15) is 4.98 Å². The zero-order chi connectivity index (χ0) is 22.9. The number of nitrogens with zero attached hydrogens (tertiary/aromatic N) is 6. The standard InChI is InChI=1S/C25H27N7O/c1-17-7-9-20(10-8-17)28-25-26-18(2)16-22(29-25)30-12-14-31(15-13-30)24(33)23-19(3)27-21-6-4-5-11-32(21)23/h4-11,16H,12-15H2,1-3H3,(H,26,28,29). The van der Waals surface area contributed by atoms with Gasteiger partial charge >= 0.3 is 0 Å². The molecule has 0 spiro atoms. The number of hydrogen-bond donors (Lipinski definition) is 1. The van der Waals surface area contributed by atoms with E-state index in [1.807, 2.05) is 65.7 Å². The highest BCUT2D eigenvalue weighted by Crippen LogP contribution is 2.21. The molecule has 0 aliphatic carbocycles. The number of amides is 1. The van der Waals surface area contributed by atoms with Gasteiger partial charge in [-0.25, -0.2) is 9.97 Å². The number of nitrogens with one attached hydrogen (secondary N) is 1. The molecule has 1 aliphatic rings. The van der Waals surface area contributed by atoms with Crippen molar-refractivity contribution in [3.8, 4) is 0 Å². The number of fused-ring (bicyclic) bond motifs is 1. The summed E-state index contributed by atoms with van der Waals surface area (Å²) in [5.74, 6) is 1.47. The minimum absolute atomic E-state index is 0.0199. The highest BCUT2D eigenvalue weighted by atomic mass is 16.2. The summed E-state index contributed by atoms with van der Waals surface area (Å²) in [7, 11) is 0. The lowest BCUT2D eigenvalue weighted by atomic mass is 10.2. The van der Waals surface area contributed by atoms with Crippen molar-refractivity contribution >= 4 is 29.0 Å². The lowest BCUT2D eigenvalue weighted by Crippen LogP contribution is -2.49. The number of piperazine rings is 1. The summed E-state index contributed by atoms with van der Waals surface area (Å²) in [6.07, 6.45) is 1.89. The van der Waals surface area contributed by atoms with E-state index >= 15 is 0 Å². The van der Waals surface area contributed by atoms with Crippen molar-refractivity contribution in [2.45, 2.75) is 20.8 Å². The predicted molar refractivity (Wildman–Crippen MR) is 129 cm³/mol. The molecule has 1 amide bonds. The van der Waals surface area contributed by atoms with Crippen LogP contribution >= 0.6 is 0 Å². The summed E-state index contributed by atoms with van der Waals surface area (Å²) < 4.78 is 1.88. The lowest BCUT2D eigenvalue weighted by molar-refractivity contribution is 0.0738. The molecule has 0 saturated carbocycles. The molecule has 4 aromatic rings. The molecule has 3 aromatic heterocycles. The minimum atomic E-state index is 0.0199. The van der Waals surface area contributed by atoms with E-state index in [9.17, 15) is 4.79 Å². The van der Waals surface area contributed by atoms with Crippen molar-refractivity contribution in [2.75, 3.05) is 36.4 Å². The van der Waals surface area contributed by atoms with Crippen LogP contribution in [0.25, 0.3) is 5.65 Å². The van der Waals surface area contributed by atoms with Gasteiger partial charge in [0, 0.05) is 49.8 Å². The van der Waals surface area contributed by atoms with Gasteiger partial charge in [-0.1, -0.05) is 23.8 Å². The average molecular weight is 442 g/mol. The van der Waals surface area contributed by atoms with Gasteiger partial charge in [0.1, 0.15) is 17.2 Å². The Morgan fingerprint density at radius 1 is 0.909 bits per heavy atom. The van der Waals surface area contributed by atoms with Gasteiger partial charge in [0.2, 0.25) is 5.95 Å². The van der Waals surface area contributed by atoms with Crippen molar-refractivity contribution < 1.29 is 4.79 Å². The minimum Gasteiger partial charge on any atom is -0.353 e. The zero-order valence-electron chi connectivity index (χ0n) is 19.1. The Hall–Kier alpha value is -3.94. The van der Waals surface area contributed by atoms with Gasteiger partial charge in [-0.05, 0) is 45.0 Å². The third-order valence-corrected chi connectivity index (χ3v) is 5.95. The van der Waals surface area contributed by atoms with Crippen molar-refractivity contribution in [1.29, 1.82) is 0 Å². The van der Waals surface area contributed by atoms with E-state index in [2.05, 4.69) is 39.2 Å². The highest BCUT2D eigenvalue weighted by molar-refractivity contribution is 5.94. The molecule has 1 N–H and O–H groups in total. The molecule has 5 rings (SSSR count). The Labute approximate surface area is 192 Å². The smallest absolute Gasteiger partial charge is 0.272 e. The molecule has 0 atom stereocenters. The second-order valence-electron chi connectivity index (χ2n) is 8.44. The van der Waals surface area contributed by atoms with Crippen molar-refractivity contribution in [3.05, 3.63) is 77.4 Å². The van der Waals surface area contributed by atoms with Gasteiger partial charge < -0.3 is 15.1 Å². The van der Waals surface area contributed by atoms with E-state index in [4.69, 9.17) is 4.98 Å². The first kappa shape index (κ1) is 20.9. The molecule has 1 aliphatic heterocycles. The summed E-state index contributed by atoms with van der Waals surface area (Å²) in [5, 5.41) is 3.30. The zero-order valence-corrected chi connectivity index (χ0v) is 19.1. The SMILES string of the molecule is Cc1ccc(Nc2nc(C)cc(N3CCN(C(=O)c4c(C)nc5ccccn45)CC3)n2)cc1. The molecule has 1 fully saturated rings. The number of carbonyl (C=O) groups excluding carboxylic acids is 1. The number of carbonyl (C=O) groups is 1. The van der Waals surface area contributed by atoms with Crippen LogP contribution in [0.3, 0.4) is 0 Å². The van der Waals surface area contributed by atoms with Crippen LogP contribution in [0.1, 0.15) is 27.4 Å². The fraction of sp³-hybridized carbons (Fsp3) is 0.280. The van der Waals surface area contributed by atoms with Crippen LogP contribution in [-0.4, -0.2) is 56.3 Å². The molecule has 1 saturated heterocycles. The molecule has 8 heteroatoms. The van der Waals surface area contributed by atoms with Crippen molar-refractivity contribution in [1.82, 2.24) is 24.3 Å². The summed E-state index contributed by atoms with van der Waals surface area (Å²) in [4.78, 5) is 31.2. The van der Waals surface area contributed by atoms with Gasteiger partial charge in [-0.15, -0.1) is 0 Å². The van der Waals surface area contributed by atoms with E-state index in [0.717, 1.165) is 28.5 Å². The molecule has 4 heterocycles. The first-order chi connectivity index (χ1) is 16.0. The van der Waals surface area contributed by atoms with E-state index in [0.29, 0.717) is 37.8 Å². The van der Waals surface area contributed by atoms with E-state index in [1.54, 1.807) is 0 Å². The van der Waals surface area contributed by atoms with E-state index < -0.39 is 0 Å². The van der Waals surface area contributed by atoms with Crippen LogP contribution in [0, 0.1) is 20.8 Å². The monoisotopic (exact) mass is 441 g/mol. The van der Waals surface area contributed by atoms with Gasteiger partial charge in [0.05, 0.1) is 5.69 Å². The van der Waals surface area contributed by atoms with Crippen LogP contribution in [0.15, 0.2) is 54.7 Å². The maximum Gasteiger partial charge on any atom is 0.272 e. The van der Waals surface area contributed by atoms with Crippen molar-refractivity contribution in [2.24, 2.45) is 0 Å². The average Bonchev–Trinajstić information content (AvgIpc) is 3.15. The molecule has 0 bridgehead atoms. The quantitative estimate of drug-likeness (QED) is 0.520. The van der Waals surface area contributed by atoms with Crippen LogP contribution in [0.2, 0.25) is 0 Å². The number of rotatable bonds is 4. The van der Waals surface area contributed by atoms with Crippen LogP contribution < -0.4 is 10.2 Å². The van der Waals surface area contributed by atoms with Gasteiger partial charge in [0.15, 0.2) is 0 Å². The molecular weight excluding hydrogens is 414 g/mol. The second kappa shape index (κ2) is 8.54. The number of anilines is 3. The first-order valence-electron chi connectivity index (χ1n) is 11.2. The number of aromatic nitrogens is 4. The van der Waals surface area contributed by atoms with E-state index in [1.165, 1.54) is 5.56 Å². The number of imidazole rings is 1. The van der Waals surface area contributed by atoms with Crippen LogP contribution in [-0.2, 0) is 0 Å². The van der Waals surface area contributed by atoms with E-state index in [-0.39, 0.29) is 5.91 Å². The Kier molecular flexibility index (Phi) is 5.42. The van der Waals surface area contributed by atoms with Gasteiger partial charge in [0.25, 0.3) is 5.91 Å². The Balaban J connectivity index is 1.30. The summed E-state index contributed by atoms with van der Waals surface area (Å²) in [5.41, 5.74) is 5.25. The fourth-order valence-corrected chi connectivity index (χ4v) is 4.20. The topological polar surface area (TPSA) is 78.7 Å². The first-order valence-corrected chi connectivity index (χ1v) is 11.2. The van der Waals surface area contributed by atoms with Crippen LogP contribution in [0.5, 0.6) is 0 Å². The maximum atomic E-state index is 13.3. The largest absolute Gasteiger partial charge is 0.353 e. The lowest BCUT2D eigenvalue weighted by Gasteiger charge is -2.35. The molecule has 1 aromatic carbocycles. The molecule has 0 unspecified atom stereocenters. The summed E-state index contributed by atoms with van der Waals surface area (Å²) >= 11 is 0. The Morgan fingerprint density at radius 3 is 2.42 bits per heavy atom. The number of pyridine rings is 1. The van der Waals surface area contributed by atoms with Crippen LogP contribution in [0.4, 0.5) is 17.5 Å². The Morgan fingerprint density at radius 2 is 1.67 bits per heavy atom. The normalized spacial score (nSPS) is 14.0. The number of benzene rings is 1. The fourth-order valence-electron chi connectivity index (χ4n) is 4.20. The maximum absolute atomic E-state index is 13.3. The molecule has 8 nitrogen and oxygen atoms in total. The molecule has 33 heavy (non-hydrogen) atoms. The predicted octanol–water partition coefficient (Wildman–Crippen LogP) is 3.76. The summed E-state index contributed by atoms with van der Waals surface area (Å²) in [6.45, 7) is 8.60. The molecular formula is C25H27N7O. The number of hydrogen-bond acceptors (Lipinski definition) is 6. The Bertz CT molecular complexity index is 1300.